The van der Waals surface area contributed by atoms with Gasteiger partial charge in [0, 0.05) is 19.1 Å². The number of amides is 1. The SMILES string of the molecule is CC1(C(=O)N2CCC(N3CCCCC3)CC2)CCCN1. The maximum atomic E-state index is 12.7. The zero-order valence-corrected chi connectivity index (χ0v) is 12.9. The third-order valence-electron chi connectivity index (χ3n) is 5.50. The third kappa shape index (κ3) is 2.86. The van der Waals surface area contributed by atoms with Crippen LogP contribution in [0.5, 0.6) is 0 Å². The molecule has 0 aromatic rings. The highest BCUT2D eigenvalue weighted by Crippen LogP contribution is 2.25. The summed E-state index contributed by atoms with van der Waals surface area (Å²) in [5.74, 6) is 0.340. The van der Waals surface area contributed by atoms with Gasteiger partial charge in [-0.2, -0.15) is 0 Å². The zero-order chi connectivity index (χ0) is 14.0. The van der Waals surface area contributed by atoms with Crippen molar-refractivity contribution in [1.82, 2.24) is 15.1 Å². The van der Waals surface area contributed by atoms with Gasteiger partial charge in [0.25, 0.3) is 0 Å². The normalized spacial score (nSPS) is 33.5. The number of nitrogens with zero attached hydrogens (tertiary/aromatic N) is 2. The van der Waals surface area contributed by atoms with Gasteiger partial charge in [0.15, 0.2) is 0 Å². The Morgan fingerprint density at radius 2 is 1.75 bits per heavy atom. The van der Waals surface area contributed by atoms with E-state index in [-0.39, 0.29) is 5.54 Å². The van der Waals surface area contributed by atoms with Gasteiger partial charge in [-0.05, 0) is 65.1 Å². The van der Waals surface area contributed by atoms with E-state index in [1.54, 1.807) is 0 Å². The van der Waals surface area contributed by atoms with E-state index in [1.807, 2.05) is 0 Å². The number of carbonyl (C=O) groups excluding carboxylic acids is 1. The molecule has 0 bridgehead atoms. The van der Waals surface area contributed by atoms with E-state index in [4.69, 9.17) is 0 Å². The topological polar surface area (TPSA) is 35.6 Å². The molecule has 114 valence electrons. The Morgan fingerprint density at radius 1 is 1.05 bits per heavy atom. The summed E-state index contributed by atoms with van der Waals surface area (Å²) >= 11 is 0. The average molecular weight is 279 g/mol. The van der Waals surface area contributed by atoms with Gasteiger partial charge in [-0.15, -0.1) is 0 Å². The predicted molar refractivity (Wildman–Crippen MR) is 80.7 cm³/mol. The van der Waals surface area contributed by atoms with Gasteiger partial charge in [0.1, 0.15) is 0 Å². The number of likely N-dealkylation sites (tertiary alicyclic amines) is 2. The van der Waals surface area contributed by atoms with Gasteiger partial charge in [0.05, 0.1) is 5.54 Å². The molecule has 3 saturated heterocycles. The predicted octanol–water partition coefficient (Wildman–Crippen LogP) is 1.61. The summed E-state index contributed by atoms with van der Waals surface area (Å²) in [6.45, 7) is 7.54. The number of hydrogen-bond acceptors (Lipinski definition) is 3. The second-order valence-corrected chi connectivity index (χ2v) is 6.98. The average Bonchev–Trinajstić information content (AvgIpc) is 2.96. The van der Waals surface area contributed by atoms with Crippen molar-refractivity contribution in [2.24, 2.45) is 0 Å². The highest BCUT2D eigenvalue weighted by atomic mass is 16.2. The highest BCUT2D eigenvalue weighted by Gasteiger charge is 2.40. The van der Waals surface area contributed by atoms with Gasteiger partial charge >= 0.3 is 0 Å². The van der Waals surface area contributed by atoms with Crippen LogP contribution in [0.1, 0.15) is 51.9 Å². The Morgan fingerprint density at radius 3 is 2.35 bits per heavy atom. The van der Waals surface area contributed by atoms with Crippen molar-refractivity contribution in [1.29, 1.82) is 0 Å². The van der Waals surface area contributed by atoms with E-state index in [1.165, 1.54) is 45.2 Å². The molecule has 0 aromatic heterocycles. The second-order valence-electron chi connectivity index (χ2n) is 6.98. The Kier molecular flexibility index (Phi) is 4.32. The minimum atomic E-state index is -0.280. The molecule has 1 N–H and O–H groups in total. The number of nitrogens with one attached hydrogen (secondary N) is 1. The van der Waals surface area contributed by atoms with Crippen LogP contribution >= 0.6 is 0 Å². The fraction of sp³-hybridized carbons (Fsp3) is 0.938. The lowest BCUT2D eigenvalue weighted by molar-refractivity contribution is -0.138. The van der Waals surface area contributed by atoms with E-state index in [0.29, 0.717) is 5.91 Å². The first kappa shape index (κ1) is 14.3. The molecule has 0 radical (unpaired) electrons. The van der Waals surface area contributed by atoms with E-state index < -0.39 is 0 Å². The summed E-state index contributed by atoms with van der Waals surface area (Å²) in [6, 6.07) is 0.726. The van der Waals surface area contributed by atoms with Crippen LogP contribution < -0.4 is 5.32 Å². The molecule has 1 amide bonds. The van der Waals surface area contributed by atoms with Crippen LogP contribution in [0, 0.1) is 0 Å². The van der Waals surface area contributed by atoms with Crippen LogP contribution in [0.2, 0.25) is 0 Å². The molecular formula is C16H29N3O. The van der Waals surface area contributed by atoms with Crippen molar-refractivity contribution in [2.75, 3.05) is 32.7 Å². The number of rotatable bonds is 2. The summed E-state index contributed by atoms with van der Waals surface area (Å²) in [6.07, 6.45) is 8.59. The molecule has 0 aromatic carbocycles. The molecule has 1 atom stereocenters. The van der Waals surface area contributed by atoms with Crippen molar-refractivity contribution in [3.8, 4) is 0 Å². The molecule has 3 aliphatic rings. The lowest BCUT2D eigenvalue weighted by Gasteiger charge is -2.42. The molecule has 0 saturated carbocycles. The van der Waals surface area contributed by atoms with Gasteiger partial charge in [-0.1, -0.05) is 6.42 Å². The van der Waals surface area contributed by atoms with Gasteiger partial charge in [-0.3, -0.25) is 4.79 Å². The number of carbonyl (C=O) groups is 1. The number of piperidine rings is 2. The minimum Gasteiger partial charge on any atom is -0.341 e. The molecule has 1 unspecified atom stereocenters. The van der Waals surface area contributed by atoms with Crippen LogP contribution in [-0.2, 0) is 4.79 Å². The summed E-state index contributed by atoms with van der Waals surface area (Å²) in [5, 5.41) is 3.40. The molecule has 4 heteroatoms. The summed E-state index contributed by atoms with van der Waals surface area (Å²) in [5.41, 5.74) is -0.280. The van der Waals surface area contributed by atoms with Gasteiger partial charge in [-0.25, -0.2) is 0 Å². The molecule has 20 heavy (non-hydrogen) atoms. The first-order valence-electron chi connectivity index (χ1n) is 8.47. The summed E-state index contributed by atoms with van der Waals surface area (Å²) in [4.78, 5) is 17.4. The monoisotopic (exact) mass is 279 g/mol. The first-order valence-corrected chi connectivity index (χ1v) is 8.47. The van der Waals surface area contributed by atoms with E-state index in [2.05, 4.69) is 22.0 Å². The smallest absolute Gasteiger partial charge is 0.242 e. The summed E-state index contributed by atoms with van der Waals surface area (Å²) in [7, 11) is 0. The van der Waals surface area contributed by atoms with Crippen molar-refractivity contribution in [3.63, 3.8) is 0 Å². The summed E-state index contributed by atoms with van der Waals surface area (Å²) < 4.78 is 0. The van der Waals surface area contributed by atoms with Crippen LogP contribution in [-0.4, -0.2) is 60.0 Å². The fourth-order valence-corrected chi connectivity index (χ4v) is 4.14. The lowest BCUT2D eigenvalue weighted by atomic mass is 9.95. The largest absolute Gasteiger partial charge is 0.341 e. The van der Waals surface area contributed by atoms with E-state index >= 15 is 0 Å². The van der Waals surface area contributed by atoms with Crippen LogP contribution in [0.4, 0.5) is 0 Å². The maximum absolute atomic E-state index is 12.7. The molecule has 3 aliphatic heterocycles. The Bertz CT molecular complexity index is 338. The van der Waals surface area contributed by atoms with Crippen molar-refractivity contribution < 1.29 is 4.79 Å². The zero-order valence-electron chi connectivity index (χ0n) is 12.9. The molecule has 3 fully saturated rings. The molecule has 0 aliphatic carbocycles. The van der Waals surface area contributed by atoms with Crippen LogP contribution in [0.3, 0.4) is 0 Å². The first-order chi connectivity index (χ1) is 9.69. The van der Waals surface area contributed by atoms with Crippen LogP contribution in [0.15, 0.2) is 0 Å². The Hall–Kier alpha value is -0.610. The van der Waals surface area contributed by atoms with Gasteiger partial charge in [0.2, 0.25) is 5.91 Å². The highest BCUT2D eigenvalue weighted by molar-refractivity contribution is 5.86. The van der Waals surface area contributed by atoms with E-state index in [0.717, 1.165) is 38.5 Å². The molecular weight excluding hydrogens is 250 g/mol. The van der Waals surface area contributed by atoms with Crippen molar-refractivity contribution in [3.05, 3.63) is 0 Å². The van der Waals surface area contributed by atoms with Crippen molar-refractivity contribution >= 4 is 5.91 Å². The second kappa shape index (κ2) is 6.02. The lowest BCUT2D eigenvalue weighted by Crippen LogP contribution is -2.56. The van der Waals surface area contributed by atoms with Gasteiger partial charge < -0.3 is 15.1 Å². The fourth-order valence-electron chi connectivity index (χ4n) is 4.14. The quantitative estimate of drug-likeness (QED) is 0.834. The standard InChI is InChI=1S/C16H29N3O/c1-16(8-5-9-17-16)15(20)19-12-6-14(7-13-19)18-10-3-2-4-11-18/h14,17H,2-13H2,1H3. The Labute approximate surface area is 122 Å². The molecule has 3 rings (SSSR count). The molecule has 4 nitrogen and oxygen atoms in total. The Balaban J connectivity index is 1.51. The van der Waals surface area contributed by atoms with Crippen LogP contribution in [0.25, 0.3) is 0 Å². The van der Waals surface area contributed by atoms with Crippen molar-refractivity contribution in [2.45, 2.75) is 63.5 Å². The van der Waals surface area contributed by atoms with E-state index in [9.17, 15) is 4.79 Å². The maximum Gasteiger partial charge on any atom is 0.242 e. The third-order valence-corrected chi connectivity index (χ3v) is 5.50. The molecule has 3 heterocycles. The molecule has 0 spiro atoms. The minimum absolute atomic E-state index is 0.280. The number of hydrogen-bond donors (Lipinski definition) is 1.